The maximum absolute atomic E-state index is 13.7. The molecule has 1 atom stereocenters. The lowest BCUT2D eigenvalue weighted by Crippen LogP contribution is -2.26. The predicted octanol–water partition coefficient (Wildman–Crippen LogP) is 5.26. The molecule has 5 nitrogen and oxygen atoms in total. The van der Waals surface area contributed by atoms with Crippen molar-refractivity contribution in [2.75, 3.05) is 11.9 Å². The van der Waals surface area contributed by atoms with Crippen LogP contribution in [0.5, 0.6) is 5.88 Å². The number of carbonyl (C=O) groups excluding carboxylic acids is 1. The number of hydrogen-bond acceptors (Lipinski definition) is 6. The van der Waals surface area contributed by atoms with Crippen LogP contribution in [0.4, 0.5) is 14.5 Å². The van der Waals surface area contributed by atoms with Crippen LogP contribution in [0, 0.1) is 0 Å². The highest BCUT2D eigenvalue weighted by Gasteiger charge is 2.38. The maximum Gasteiger partial charge on any atom is 0.336 e. The van der Waals surface area contributed by atoms with E-state index in [9.17, 15) is 13.6 Å². The number of pyridine rings is 1. The van der Waals surface area contributed by atoms with Gasteiger partial charge in [0, 0.05) is 17.6 Å². The third-order valence-corrected chi connectivity index (χ3v) is 5.28. The van der Waals surface area contributed by atoms with Crippen LogP contribution < -0.4 is 10.1 Å². The number of fused-ring (bicyclic) bond motifs is 1. The fraction of sp³-hybridized carbons (Fsp3) is 0.400. The molecule has 0 fully saturated rings. The second-order valence-electron chi connectivity index (χ2n) is 6.60. The van der Waals surface area contributed by atoms with E-state index in [-0.39, 0.29) is 23.2 Å². The Morgan fingerprint density at radius 3 is 2.75 bits per heavy atom. The number of alkyl halides is 2. The van der Waals surface area contributed by atoms with Gasteiger partial charge in [-0.1, -0.05) is 0 Å². The molecule has 8 heteroatoms. The smallest absolute Gasteiger partial charge is 0.336 e. The monoisotopic (exact) mass is 408 g/mol. The van der Waals surface area contributed by atoms with Crippen molar-refractivity contribution in [1.29, 1.82) is 0 Å². The SMILES string of the molecule is CCOC(=O)C1=C(C)Nc2ccnc(OC(C)C)c2C1c1ccsc1C(F)F. The van der Waals surface area contributed by atoms with Crippen molar-refractivity contribution in [3.05, 3.63) is 51.0 Å². The second kappa shape index (κ2) is 8.26. The number of nitrogens with one attached hydrogen (secondary N) is 1. The average molecular weight is 408 g/mol. The summed E-state index contributed by atoms with van der Waals surface area (Å²) in [6.45, 7) is 7.34. The molecule has 3 rings (SSSR count). The first kappa shape index (κ1) is 20.3. The van der Waals surface area contributed by atoms with Gasteiger partial charge in [-0.05, 0) is 50.8 Å². The van der Waals surface area contributed by atoms with Gasteiger partial charge in [0.1, 0.15) is 0 Å². The van der Waals surface area contributed by atoms with Gasteiger partial charge in [0.2, 0.25) is 5.88 Å². The summed E-state index contributed by atoms with van der Waals surface area (Å²) >= 11 is 0.968. The van der Waals surface area contributed by atoms with Crippen molar-refractivity contribution in [3.63, 3.8) is 0 Å². The minimum absolute atomic E-state index is 0.0770. The molecule has 2 aromatic heterocycles. The number of thiophene rings is 1. The summed E-state index contributed by atoms with van der Waals surface area (Å²) < 4.78 is 38.5. The van der Waals surface area contributed by atoms with E-state index in [1.165, 1.54) is 0 Å². The van der Waals surface area contributed by atoms with E-state index >= 15 is 0 Å². The van der Waals surface area contributed by atoms with E-state index in [0.717, 1.165) is 11.3 Å². The molecule has 0 amide bonds. The quantitative estimate of drug-likeness (QED) is 0.661. The van der Waals surface area contributed by atoms with Gasteiger partial charge in [-0.25, -0.2) is 18.6 Å². The number of halogens is 2. The number of allylic oxidation sites excluding steroid dienone is 1. The summed E-state index contributed by atoms with van der Waals surface area (Å²) in [4.78, 5) is 17.0. The molecule has 1 aliphatic heterocycles. The lowest BCUT2D eigenvalue weighted by Gasteiger charge is -2.31. The van der Waals surface area contributed by atoms with Gasteiger partial charge in [-0.3, -0.25) is 0 Å². The Morgan fingerprint density at radius 2 is 2.11 bits per heavy atom. The molecule has 0 aromatic carbocycles. The van der Waals surface area contributed by atoms with Crippen LogP contribution >= 0.6 is 11.3 Å². The van der Waals surface area contributed by atoms with E-state index in [1.807, 2.05) is 13.8 Å². The van der Waals surface area contributed by atoms with Gasteiger partial charge < -0.3 is 14.8 Å². The predicted molar refractivity (Wildman–Crippen MR) is 104 cm³/mol. The number of esters is 1. The Balaban J connectivity index is 2.26. The Hall–Kier alpha value is -2.48. The van der Waals surface area contributed by atoms with E-state index in [1.54, 1.807) is 37.6 Å². The lowest BCUT2D eigenvalue weighted by atomic mass is 9.81. The first-order valence-corrected chi connectivity index (χ1v) is 9.88. The number of anilines is 1. The normalized spacial score (nSPS) is 16.2. The Bertz CT molecular complexity index is 909. The van der Waals surface area contributed by atoms with Crippen molar-refractivity contribution in [2.45, 2.75) is 46.1 Å². The van der Waals surface area contributed by atoms with Crippen LogP contribution in [0.15, 0.2) is 35.0 Å². The van der Waals surface area contributed by atoms with Gasteiger partial charge in [0.15, 0.2) is 0 Å². The molecule has 1 aliphatic rings. The van der Waals surface area contributed by atoms with Crippen molar-refractivity contribution in [1.82, 2.24) is 4.98 Å². The number of nitrogens with zero attached hydrogens (tertiary/aromatic N) is 1. The minimum Gasteiger partial charge on any atom is -0.475 e. The lowest BCUT2D eigenvalue weighted by molar-refractivity contribution is -0.138. The molecule has 0 aliphatic carbocycles. The van der Waals surface area contributed by atoms with E-state index in [4.69, 9.17) is 9.47 Å². The molecule has 0 saturated heterocycles. The molecule has 3 heterocycles. The summed E-state index contributed by atoms with van der Waals surface area (Å²) in [6.07, 6.45) is -1.23. The fourth-order valence-corrected chi connectivity index (χ4v) is 4.11. The Labute approximate surface area is 166 Å². The zero-order valence-electron chi connectivity index (χ0n) is 16.1. The van der Waals surface area contributed by atoms with Crippen molar-refractivity contribution < 1.29 is 23.0 Å². The van der Waals surface area contributed by atoms with Crippen LogP contribution in [0.2, 0.25) is 0 Å². The van der Waals surface area contributed by atoms with E-state index in [2.05, 4.69) is 10.3 Å². The third kappa shape index (κ3) is 3.73. The van der Waals surface area contributed by atoms with Crippen LogP contribution in [0.3, 0.4) is 0 Å². The molecule has 0 radical (unpaired) electrons. The highest BCUT2D eigenvalue weighted by Crippen LogP contribution is 2.49. The largest absolute Gasteiger partial charge is 0.475 e. The number of ether oxygens (including phenoxy) is 2. The van der Waals surface area contributed by atoms with Crippen LogP contribution in [0.25, 0.3) is 0 Å². The summed E-state index contributed by atoms with van der Waals surface area (Å²) in [5, 5.41) is 4.79. The van der Waals surface area contributed by atoms with Crippen molar-refractivity contribution in [2.24, 2.45) is 0 Å². The highest BCUT2D eigenvalue weighted by molar-refractivity contribution is 7.10. The molecular weight excluding hydrogens is 386 g/mol. The van der Waals surface area contributed by atoms with Gasteiger partial charge >= 0.3 is 5.97 Å². The fourth-order valence-electron chi connectivity index (χ4n) is 3.33. The summed E-state index contributed by atoms with van der Waals surface area (Å²) in [7, 11) is 0. The molecule has 0 spiro atoms. The third-order valence-electron chi connectivity index (χ3n) is 4.34. The Morgan fingerprint density at radius 1 is 1.36 bits per heavy atom. The number of aromatic nitrogens is 1. The molecule has 0 bridgehead atoms. The van der Waals surface area contributed by atoms with Crippen LogP contribution in [-0.4, -0.2) is 23.7 Å². The minimum atomic E-state index is -2.65. The van der Waals surface area contributed by atoms with Crippen LogP contribution in [-0.2, 0) is 9.53 Å². The van der Waals surface area contributed by atoms with Gasteiger partial charge in [0.25, 0.3) is 6.43 Å². The van der Waals surface area contributed by atoms with E-state index < -0.39 is 18.3 Å². The zero-order chi connectivity index (χ0) is 20.4. The molecule has 0 saturated carbocycles. The topological polar surface area (TPSA) is 60.5 Å². The van der Waals surface area contributed by atoms with Gasteiger partial charge in [-0.2, -0.15) is 0 Å². The number of rotatable bonds is 6. The molecule has 1 unspecified atom stereocenters. The molecular formula is C20H22F2N2O3S. The summed E-state index contributed by atoms with van der Waals surface area (Å²) in [5.41, 5.74) is 2.45. The maximum atomic E-state index is 13.7. The molecule has 2 aromatic rings. The molecule has 1 N–H and O–H groups in total. The standard InChI is InChI=1S/C20H22F2N2O3S/c1-5-26-20(25)14-11(4)24-13-6-8-23-19(27-10(2)3)16(13)15(14)12-7-9-28-17(12)18(21)22/h6-10,15,18,24H,5H2,1-4H3. The number of hydrogen-bond donors (Lipinski definition) is 1. The second-order valence-corrected chi connectivity index (χ2v) is 7.55. The van der Waals surface area contributed by atoms with Gasteiger partial charge in [-0.15, -0.1) is 11.3 Å². The molecule has 150 valence electrons. The summed E-state index contributed by atoms with van der Waals surface area (Å²) in [6, 6.07) is 3.37. The first-order valence-electron chi connectivity index (χ1n) is 9.01. The Kier molecular flexibility index (Phi) is 5.98. The summed E-state index contributed by atoms with van der Waals surface area (Å²) in [5.74, 6) is -0.993. The highest BCUT2D eigenvalue weighted by atomic mass is 32.1. The first-order chi connectivity index (χ1) is 13.3. The molecule has 28 heavy (non-hydrogen) atoms. The average Bonchev–Trinajstić information content (AvgIpc) is 3.10. The zero-order valence-corrected chi connectivity index (χ0v) is 16.9. The van der Waals surface area contributed by atoms with E-state index in [0.29, 0.717) is 28.4 Å². The van der Waals surface area contributed by atoms with Crippen LogP contribution in [0.1, 0.15) is 56.0 Å². The van der Waals surface area contributed by atoms with Crippen molar-refractivity contribution in [3.8, 4) is 5.88 Å². The number of carbonyl (C=O) groups is 1. The van der Waals surface area contributed by atoms with Crippen molar-refractivity contribution >= 4 is 23.0 Å². The van der Waals surface area contributed by atoms with Gasteiger partial charge in [0.05, 0.1) is 34.6 Å².